The average molecular weight is 494 g/mol. The first-order valence-electron chi connectivity index (χ1n) is 12.4. The first-order valence-corrected chi connectivity index (χ1v) is 12.4. The Morgan fingerprint density at radius 3 is 1.44 bits per heavy atom. The molecule has 2 nitrogen and oxygen atoms in total. The zero-order valence-electron chi connectivity index (χ0n) is 20.4. The molecule has 0 bridgehead atoms. The lowest BCUT2D eigenvalue weighted by Gasteiger charge is -2.42. The van der Waals surface area contributed by atoms with Crippen LogP contribution in [0.3, 0.4) is 0 Å². The van der Waals surface area contributed by atoms with Crippen LogP contribution in [0.25, 0.3) is 0 Å². The van der Waals surface area contributed by atoms with E-state index in [1.54, 1.807) is 0 Å². The molecule has 0 spiro atoms. The van der Waals surface area contributed by atoms with E-state index in [4.69, 9.17) is 0 Å². The van der Waals surface area contributed by atoms with Gasteiger partial charge in [-0.3, -0.25) is 4.90 Å². The van der Waals surface area contributed by atoms with Crippen molar-refractivity contribution in [1.82, 2.24) is 4.90 Å². The van der Waals surface area contributed by atoms with E-state index in [-0.39, 0.29) is 17.8 Å². The number of halogens is 1. The molecule has 1 aliphatic heterocycles. The van der Waals surface area contributed by atoms with Gasteiger partial charge in [0.15, 0.2) is 5.60 Å². The molecule has 36 heavy (non-hydrogen) atoms. The van der Waals surface area contributed by atoms with Gasteiger partial charge in [0.1, 0.15) is 0 Å². The van der Waals surface area contributed by atoms with E-state index in [1.807, 2.05) is 60.7 Å². The van der Waals surface area contributed by atoms with E-state index in [1.165, 1.54) is 11.1 Å². The van der Waals surface area contributed by atoms with Gasteiger partial charge in [-0.2, -0.15) is 0 Å². The largest absolute Gasteiger partial charge is 0.369 e. The van der Waals surface area contributed by atoms with Crippen LogP contribution in [0.4, 0.5) is 0 Å². The smallest absolute Gasteiger partial charge is 0.176 e. The van der Waals surface area contributed by atoms with Crippen molar-refractivity contribution < 1.29 is 5.11 Å². The Bertz CT molecular complexity index is 1190. The van der Waals surface area contributed by atoms with Crippen molar-refractivity contribution in [2.45, 2.75) is 23.9 Å². The summed E-state index contributed by atoms with van der Waals surface area (Å²) in [6.45, 7) is 2.57. The average Bonchev–Trinajstić information content (AvgIpc) is 2.95. The molecule has 4 aromatic rings. The molecule has 0 radical (unpaired) electrons. The maximum Gasteiger partial charge on any atom is 0.176 e. The fraction of sp³-hybridized carbons (Fsp3) is 0.212. The lowest BCUT2D eigenvalue weighted by atomic mass is 9.68. The molecule has 1 aliphatic rings. The van der Waals surface area contributed by atoms with E-state index in [0.717, 1.165) is 37.1 Å². The van der Waals surface area contributed by atoms with Crippen molar-refractivity contribution in [3.8, 4) is 11.8 Å². The minimum atomic E-state index is -1.32. The van der Waals surface area contributed by atoms with Crippen LogP contribution in [0.5, 0.6) is 0 Å². The van der Waals surface area contributed by atoms with Gasteiger partial charge in [-0.1, -0.05) is 133 Å². The Balaban J connectivity index is 0.00000304. The number of piperidine rings is 1. The van der Waals surface area contributed by atoms with Gasteiger partial charge in [-0.25, -0.2) is 0 Å². The van der Waals surface area contributed by atoms with Gasteiger partial charge in [0.25, 0.3) is 0 Å². The van der Waals surface area contributed by atoms with Crippen LogP contribution < -0.4 is 0 Å². The lowest BCUT2D eigenvalue weighted by Crippen LogP contribution is -2.43. The van der Waals surface area contributed by atoms with E-state index >= 15 is 0 Å². The molecule has 0 aromatic heterocycles. The van der Waals surface area contributed by atoms with E-state index in [9.17, 15) is 5.11 Å². The summed E-state index contributed by atoms with van der Waals surface area (Å²) in [7, 11) is 0. The summed E-state index contributed by atoms with van der Waals surface area (Å²) in [5.74, 6) is 6.55. The Labute approximate surface area is 221 Å². The van der Waals surface area contributed by atoms with Crippen molar-refractivity contribution in [2.24, 2.45) is 0 Å². The topological polar surface area (TPSA) is 23.5 Å². The first-order chi connectivity index (χ1) is 17.2. The molecule has 0 aliphatic carbocycles. The number of nitrogens with zero attached hydrogens (tertiary/aromatic N) is 1. The fourth-order valence-corrected chi connectivity index (χ4v) is 5.30. The molecule has 182 valence electrons. The minimum Gasteiger partial charge on any atom is -0.369 e. The van der Waals surface area contributed by atoms with Crippen LogP contribution in [0.15, 0.2) is 121 Å². The third-order valence-corrected chi connectivity index (χ3v) is 7.32. The summed E-state index contributed by atoms with van der Waals surface area (Å²) in [5, 5.41) is 11.7. The normalized spacial score (nSPS) is 15.2. The summed E-state index contributed by atoms with van der Waals surface area (Å²) >= 11 is 0. The summed E-state index contributed by atoms with van der Waals surface area (Å²) in [5.41, 5.74) is 3.07. The maximum absolute atomic E-state index is 11.7. The highest BCUT2D eigenvalue weighted by Gasteiger charge is 2.37. The van der Waals surface area contributed by atoms with E-state index in [0.29, 0.717) is 6.54 Å². The number of rotatable bonds is 5. The second-order valence-electron chi connectivity index (χ2n) is 9.33. The zero-order chi connectivity index (χ0) is 24.0. The van der Waals surface area contributed by atoms with E-state index in [2.05, 4.69) is 77.4 Å². The van der Waals surface area contributed by atoms with Gasteiger partial charge >= 0.3 is 0 Å². The molecular weight excluding hydrogens is 462 g/mol. The lowest BCUT2D eigenvalue weighted by molar-refractivity contribution is 0.144. The molecule has 1 heterocycles. The zero-order valence-corrected chi connectivity index (χ0v) is 21.2. The SMILES string of the molecule is Cl.OC(C#CCN1CCC(c2ccccc2)(c2ccccc2)CC1)(c1ccccc1)c1ccccc1. The van der Waals surface area contributed by atoms with E-state index < -0.39 is 5.60 Å². The summed E-state index contributed by atoms with van der Waals surface area (Å²) in [6, 6.07) is 41.3. The number of likely N-dealkylation sites (tertiary alicyclic amines) is 1. The van der Waals surface area contributed by atoms with Crippen molar-refractivity contribution in [3.63, 3.8) is 0 Å². The van der Waals surface area contributed by atoms with Gasteiger partial charge in [-0.15, -0.1) is 12.4 Å². The van der Waals surface area contributed by atoms with Crippen molar-refractivity contribution in [2.75, 3.05) is 19.6 Å². The van der Waals surface area contributed by atoms with Gasteiger partial charge in [0.2, 0.25) is 0 Å². The number of hydrogen-bond acceptors (Lipinski definition) is 2. The molecule has 1 N–H and O–H groups in total. The van der Waals surface area contributed by atoms with Crippen LogP contribution >= 0.6 is 12.4 Å². The Morgan fingerprint density at radius 1 is 0.639 bits per heavy atom. The summed E-state index contributed by atoms with van der Waals surface area (Å²) in [4.78, 5) is 2.41. The second-order valence-corrected chi connectivity index (χ2v) is 9.33. The molecule has 1 saturated heterocycles. The van der Waals surface area contributed by atoms with Gasteiger partial charge in [0.05, 0.1) is 6.54 Å². The fourth-order valence-electron chi connectivity index (χ4n) is 5.30. The third-order valence-electron chi connectivity index (χ3n) is 7.32. The van der Waals surface area contributed by atoms with Crippen molar-refractivity contribution in [3.05, 3.63) is 144 Å². The molecular formula is C33H32ClNO. The Morgan fingerprint density at radius 2 is 1.03 bits per heavy atom. The monoisotopic (exact) mass is 493 g/mol. The van der Waals surface area contributed by atoms with Crippen molar-refractivity contribution >= 4 is 12.4 Å². The first kappa shape index (κ1) is 25.7. The standard InChI is InChI=1S/C33H31NO.ClH/c35-33(30-18-9-3-10-19-30,31-20-11-4-12-21-31)22-13-25-34-26-23-32(24-27-34,28-14-5-1-6-15-28)29-16-7-2-8-17-29;/h1-12,14-21,35H,23-27H2;1H. The quantitative estimate of drug-likeness (QED) is 0.324. The molecule has 0 saturated carbocycles. The molecule has 0 unspecified atom stereocenters. The molecule has 5 rings (SSSR count). The highest BCUT2D eigenvalue weighted by Crippen LogP contribution is 2.41. The van der Waals surface area contributed by atoms with Gasteiger partial charge in [-0.05, 0) is 24.0 Å². The van der Waals surface area contributed by atoms with Gasteiger partial charge < -0.3 is 5.11 Å². The predicted molar refractivity (Wildman–Crippen MR) is 150 cm³/mol. The molecule has 4 aromatic carbocycles. The number of benzene rings is 4. The van der Waals surface area contributed by atoms with Crippen LogP contribution in [-0.2, 0) is 11.0 Å². The molecule has 1 fully saturated rings. The third kappa shape index (κ3) is 5.25. The van der Waals surface area contributed by atoms with Crippen LogP contribution in [0.1, 0.15) is 35.1 Å². The highest BCUT2D eigenvalue weighted by atomic mass is 35.5. The molecule has 3 heteroatoms. The predicted octanol–water partition coefficient (Wildman–Crippen LogP) is 6.43. The minimum absolute atomic E-state index is 0. The Kier molecular flexibility index (Phi) is 8.28. The Hall–Kier alpha value is -3.35. The van der Waals surface area contributed by atoms with Crippen molar-refractivity contribution in [1.29, 1.82) is 0 Å². The van der Waals surface area contributed by atoms with Crippen LogP contribution in [-0.4, -0.2) is 29.6 Å². The number of aliphatic hydroxyl groups is 1. The summed E-state index contributed by atoms with van der Waals surface area (Å²) in [6.07, 6.45) is 2.09. The summed E-state index contributed by atoms with van der Waals surface area (Å²) < 4.78 is 0. The van der Waals surface area contributed by atoms with Crippen LogP contribution in [0, 0.1) is 11.8 Å². The highest BCUT2D eigenvalue weighted by molar-refractivity contribution is 5.85. The number of hydrogen-bond donors (Lipinski definition) is 1. The maximum atomic E-state index is 11.7. The second kappa shape index (κ2) is 11.6. The molecule has 0 atom stereocenters. The van der Waals surface area contributed by atoms with Gasteiger partial charge in [0, 0.05) is 29.6 Å². The van der Waals surface area contributed by atoms with Crippen LogP contribution in [0.2, 0.25) is 0 Å². The molecule has 0 amide bonds.